The predicted molar refractivity (Wildman–Crippen MR) is 125 cm³/mol. The molecule has 0 heterocycles. The second-order valence-electron chi connectivity index (χ2n) is 6.65. The molecule has 0 fully saturated rings. The highest BCUT2D eigenvalue weighted by atomic mass is 35.5. The third-order valence-corrected chi connectivity index (χ3v) is 4.77. The Balaban J connectivity index is 1.59. The lowest BCUT2D eigenvalue weighted by atomic mass is 10.1. The number of aryl methyl sites for hydroxylation is 1. The van der Waals surface area contributed by atoms with Gasteiger partial charge in [0.15, 0.2) is 5.11 Å². The third-order valence-electron chi connectivity index (χ3n) is 4.33. The lowest BCUT2D eigenvalue weighted by Gasteiger charge is -2.12. The van der Waals surface area contributed by atoms with Crippen molar-refractivity contribution >= 4 is 52.1 Å². The summed E-state index contributed by atoms with van der Waals surface area (Å²) < 4.78 is 0. The van der Waals surface area contributed by atoms with Gasteiger partial charge in [-0.3, -0.25) is 9.59 Å². The third kappa shape index (κ3) is 6.14. The fourth-order valence-corrected chi connectivity index (χ4v) is 3.24. The fourth-order valence-electron chi connectivity index (χ4n) is 2.82. The van der Waals surface area contributed by atoms with Gasteiger partial charge in [-0.2, -0.15) is 0 Å². The summed E-state index contributed by atoms with van der Waals surface area (Å²) in [4.78, 5) is 24.7. The van der Waals surface area contributed by atoms with Crippen molar-refractivity contribution in [2.75, 3.05) is 10.6 Å². The molecule has 0 unspecified atom stereocenters. The summed E-state index contributed by atoms with van der Waals surface area (Å²) in [5.41, 5.74) is 3.62. The fraction of sp³-hybridized carbons (Fsp3) is 0.0870. The Hall–Kier alpha value is -3.22. The summed E-state index contributed by atoms with van der Waals surface area (Å²) in [7, 11) is 0. The molecular weight excluding hydrogens is 418 g/mol. The predicted octanol–water partition coefficient (Wildman–Crippen LogP) is 4.96. The van der Waals surface area contributed by atoms with Crippen molar-refractivity contribution < 1.29 is 9.59 Å². The molecule has 0 aromatic heterocycles. The monoisotopic (exact) mass is 437 g/mol. The second-order valence-corrected chi connectivity index (χ2v) is 7.50. The molecule has 0 aliphatic heterocycles. The molecule has 152 valence electrons. The molecule has 0 radical (unpaired) electrons. The maximum Gasteiger partial charge on any atom is 0.255 e. The number of carbonyl (C=O) groups excluding carboxylic acids is 2. The van der Waals surface area contributed by atoms with E-state index in [9.17, 15) is 9.59 Å². The van der Waals surface area contributed by atoms with Crippen molar-refractivity contribution in [2.24, 2.45) is 0 Å². The average molecular weight is 438 g/mol. The van der Waals surface area contributed by atoms with Crippen LogP contribution in [0.25, 0.3) is 0 Å². The number of anilines is 2. The van der Waals surface area contributed by atoms with Gasteiger partial charge in [-0.25, -0.2) is 0 Å². The van der Waals surface area contributed by atoms with E-state index >= 15 is 0 Å². The molecule has 0 aliphatic carbocycles. The maximum atomic E-state index is 12.5. The lowest BCUT2D eigenvalue weighted by molar-refractivity contribution is -0.119. The van der Waals surface area contributed by atoms with E-state index in [1.807, 2.05) is 31.2 Å². The zero-order valence-corrected chi connectivity index (χ0v) is 17.8. The van der Waals surface area contributed by atoms with Gasteiger partial charge in [0.25, 0.3) is 5.91 Å². The zero-order valence-electron chi connectivity index (χ0n) is 16.2. The van der Waals surface area contributed by atoms with Gasteiger partial charge in [0, 0.05) is 22.0 Å². The first kappa shape index (κ1) is 21.5. The highest BCUT2D eigenvalue weighted by Gasteiger charge is 2.10. The zero-order chi connectivity index (χ0) is 21.5. The van der Waals surface area contributed by atoms with E-state index in [-0.39, 0.29) is 23.3 Å². The van der Waals surface area contributed by atoms with Gasteiger partial charge in [-0.1, -0.05) is 48.0 Å². The van der Waals surface area contributed by atoms with Crippen LogP contribution in [0.3, 0.4) is 0 Å². The van der Waals surface area contributed by atoms with Crippen LogP contribution < -0.4 is 16.0 Å². The van der Waals surface area contributed by atoms with Crippen LogP contribution in [-0.4, -0.2) is 16.9 Å². The SMILES string of the molecule is Cc1ccccc1CC(=O)NC(=S)Nc1cccc(C(=O)Nc2cccc(Cl)c2)c1. The molecule has 30 heavy (non-hydrogen) atoms. The van der Waals surface area contributed by atoms with E-state index in [0.717, 1.165) is 11.1 Å². The van der Waals surface area contributed by atoms with Gasteiger partial charge >= 0.3 is 0 Å². The van der Waals surface area contributed by atoms with Crippen LogP contribution in [-0.2, 0) is 11.2 Å². The first-order chi connectivity index (χ1) is 14.4. The molecule has 3 aromatic carbocycles. The molecule has 0 aliphatic rings. The summed E-state index contributed by atoms with van der Waals surface area (Å²) in [5, 5.41) is 9.10. The lowest BCUT2D eigenvalue weighted by Crippen LogP contribution is -2.35. The van der Waals surface area contributed by atoms with Gasteiger partial charge < -0.3 is 16.0 Å². The van der Waals surface area contributed by atoms with Crippen molar-refractivity contribution in [1.29, 1.82) is 0 Å². The topological polar surface area (TPSA) is 70.2 Å². The van der Waals surface area contributed by atoms with Gasteiger partial charge in [-0.05, 0) is 66.7 Å². The highest BCUT2D eigenvalue weighted by Crippen LogP contribution is 2.17. The Bertz CT molecular complexity index is 1100. The molecule has 3 N–H and O–H groups in total. The molecule has 0 spiro atoms. The van der Waals surface area contributed by atoms with Crippen LogP contribution >= 0.6 is 23.8 Å². The Labute approximate surface area is 185 Å². The van der Waals surface area contributed by atoms with Crippen LogP contribution in [0.2, 0.25) is 5.02 Å². The van der Waals surface area contributed by atoms with E-state index in [1.54, 1.807) is 48.5 Å². The maximum absolute atomic E-state index is 12.5. The number of benzene rings is 3. The molecule has 5 nitrogen and oxygen atoms in total. The summed E-state index contributed by atoms with van der Waals surface area (Å²) in [6.07, 6.45) is 0.233. The minimum absolute atomic E-state index is 0.168. The molecule has 0 saturated heterocycles. The molecule has 0 saturated carbocycles. The molecule has 3 aromatic rings. The van der Waals surface area contributed by atoms with E-state index in [4.69, 9.17) is 23.8 Å². The number of hydrogen-bond acceptors (Lipinski definition) is 3. The molecule has 3 rings (SSSR count). The number of rotatable bonds is 5. The Morgan fingerprint density at radius 3 is 2.33 bits per heavy atom. The van der Waals surface area contributed by atoms with E-state index < -0.39 is 0 Å². The van der Waals surface area contributed by atoms with Gasteiger partial charge in [-0.15, -0.1) is 0 Å². The summed E-state index contributed by atoms with van der Waals surface area (Å²) in [6.45, 7) is 1.96. The van der Waals surface area contributed by atoms with E-state index in [1.165, 1.54) is 0 Å². The number of halogens is 1. The first-order valence-electron chi connectivity index (χ1n) is 9.23. The first-order valence-corrected chi connectivity index (χ1v) is 10.0. The molecule has 2 amide bonds. The minimum Gasteiger partial charge on any atom is -0.332 e. The van der Waals surface area contributed by atoms with Crippen molar-refractivity contribution in [3.05, 3.63) is 94.5 Å². The van der Waals surface area contributed by atoms with Gasteiger partial charge in [0.1, 0.15) is 0 Å². The number of hydrogen-bond donors (Lipinski definition) is 3. The van der Waals surface area contributed by atoms with Gasteiger partial charge in [0.05, 0.1) is 6.42 Å². The van der Waals surface area contributed by atoms with Crippen LogP contribution in [0.1, 0.15) is 21.5 Å². The van der Waals surface area contributed by atoms with E-state index in [2.05, 4.69) is 16.0 Å². The van der Waals surface area contributed by atoms with Crippen LogP contribution in [0.4, 0.5) is 11.4 Å². The van der Waals surface area contributed by atoms with Gasteiger partial charge in [0.2, 0.25) is 5.91 Å². The Morgan fingerprint density at radius 1 is 0.900 bits per heavy atom. The smallest absolute Gasteiger partial charge is 0.255 e. The summed E-state index contributed by atoms with van der Waals surface area (Å²) in [5.74, 6) is -0.493. The second kappa shape index (κ2) is 10.0. The molecular formula is C23H20ClN3O2S. The Morgan fingerprint density at radius 2 is 1.60 bits per heavy atom. The highest BCUT2D eigenvalue weighted by molar-refractivity contribution is 7.80. The van der Waals surface area contributed by atoms with Crippen molar-refractivity contribution in [1.82, 2.24) is 5.32 Å². The van der Waals surface area contributed by atoms with E-state index in [0.29, 0.717) is 22.0 Å². The van der Waals surface area contributed by atoms with Crippen molar-refractivity contribution in [2.45, 2.75) is 13.3 Å². The normalized spacial score (nSPS) is 10.2. The van der Waals surface area contributed by atoms with Crippen LogP contribution in [0.15, 0.2) is 72.8 Å². The largest absolute Gasteiger partial charge is 0.332 e. The molecule has 7 heteroatoms. The molecule has 0 atom stereocenters. The van der Waals surface area contributed by atoms with Crippen LogP contribution in [0.5, 0.6) is 0 Å². The number of amides is 2. The average Bonchev–Trinajstić information content (AvgIpc) is 2.70. The molecule has 0 bridgehead atoms. The summed E-state index contributed by atoms with van der Waals surface area (Å²) in [6, 6.07) is 21.4. The van der Waals surface area contributed by atoms with Crippen LogP contribution in [0, 0.1) is 6.92 Å². The number of nitrogens with one attached hydrogen (secondary N) is 3. The minimum atomic E-state index is -0.282. The number of carbonyl (C=O) groups is 2. The van der Waals surface area contributed by atoms with Crippen molar-refractivity contribution in [3.8, 4) is 0 Å². The standard InChI is InChI=1S/C23H20ClN3O2S/c1-15-6-2-3-7-16(15)13-21(28)27-23(30)26-19-10-4-8-17(12-19)22(29)25-20-11-5-9-18(24)14-20/h2-12,14H,13H2,1H3,(H,25,29)(H2,26,27,28,30). The summed E-state index contributed by atoms with van der Waals surface area (Å²) >= 11 is 11.2. The quantitative estimate of drug-likeness (QED) is 0.493. The van der Waals surface area contributed by atoms with Crippen molar-refractivity contribution in [3.63, 3.8) is 0 Å². The Kier molecular flexibility index (Phi) is 7.17. The number of thiocarbonyl (C=S) groups is 1.